The summed E-state index contributed by atoms with van der Waals surface area (Å²) in [5, 5.41) is 27.0. The van der Waals surface area contributed by atoms with Gasteiger partial charge < -0.3 is 25.6 Å². The van der Waals surface area contributed by atoms with Gasteiger partial charge in [0.05, 0.1) is 6.61 Å². The van der Waals surface area contributed by atoms with Crippen LogP contribution < -0.4 is 10.6 Å². The third-order valence-electron chi connectivity index (χ3n) is 5.10. The van der Waals surface area contributed by atoms with Crippen molar-refractivity contribution in [2.45, 2.75) is 52.2 Å². The van der Waals surface area contributed by atoms with Gasteiger partial charge in [-0.05, 0) is 61.2 Å². The summed E-state index contributed by atoms with van der Waals surface area (Å²) >= 11 is 6.24. The third-order valence-corrected chi connectivity index (χ3v) is 5.33. The average Bonchev–Trinajstić information content (AvgIpc) is 2.81. The minimum Gasteiger partial charge on any atom is -0.444 e. The molecule has 0 aliphatic rings. The number of nitrogens with one attached hydrogen (secondary N) is 2. The van der Waals surface area contributed by atoms with Crippen LogP contribution in [-0.2, 0) is 24.4 Å². The predicted molar refractivity (Wildman–Crippen MR) is 135 cm³/mol. The monoisotopic (exact) mass is 482 g/mol. The number of alkyl carbamates (subject to hydrolysis) is 1. The predicted octanol–water partition coefficient (Wildman–Crippen LogP) is 5.55. The highest BCUT2D eigenvalue weighted by Crippen LogP contribution is 2.31. The molecule has 0 saturated heterocycles. The van der Waals surface area contributed by atoms with E-state index in [0.717, 1.165) is 22.4 Å². The summed E-state index contributed by atoms with van der Waals surface area (Å²) in [7, 11) is 0. The zero-order valence-corrected chi connectivity index (χ0v) is 20.4. The number of amides is 1. The van der Waals surface area contributed by atoms with Gasteiger partial charge in [0, 0.05) is 29.4 Å². The van der Waals surface area contributed by atoms with Crippen LogP contribution in [0.2, 0.25) is 5.02 Å². The molecule has 1 unspecified atom stereocenters. The summed E-state index contributed by atoms with van der Waals surface area (Å²) in [5.74, 6) is 0. The van der Waals surface area contributed by atoms with Gasteiger partial charge in [0.25, 0.3) is 0 Å². The van der Waals surface area contributed by atoms with E-state index in [0.29, 0.717) is 22.7 Å². The number of hydrogen-bond acceptors (Lipinski definition) is 5. The molecule has 0 radical (unpaired) electrons. The summed E-state index contributed by atoms with van der Waals surface area (Å²) in [4.78, 5) is 12.0. The second kappa shape index (κ2) is 11.4. The number of benzene rings is 3. The number of anilines is 1. The number of halogens is 1. The van der Waals surface area contributed by atoms with E-state index >= 15 is 0 Å². The first-order valence-corrected chi connectivity index (χ1v) is 11.5. The van der Waals surface area contributed by atoms with Crippen LogP contribution in [0.1, 0.15) is 54.7 Å². The Morgan fingerprint density at radius 1 is 0.971 bits per heavy atom. The van der Waals surface area contributed by atoms with E-state index in [1.807, 2.05) is 75.4 Å². The molecule has 0 fully saturated rings. The number of hydrogen-bond donors (Lipinski definition) is 4. The second-order valence-electron chi connectivity index (χ2n) is 9.06. The Morgan fingerprint density at radius 2 is 1.68 bits per heavy atom. The second-order valence-corrected chi connectivity index (χ2v) is 9.50. The van der Waals surface area contributed by atoms with Crippen molar-refractivity contribution in [3.8, 4) is 0 Å². The van der Waals surface area contributed by atoms with Crippen LogP contribution in [0.4, 0.5) is 10.5 Å². The summed E-state index contributed by atoms with van der Waals surface area (Å²) in [6.45, 7) is 6.26. The van der Waals surface area contributed by atoms with E-state index in [-0.39, 0.29) is 13.2 Å². The Labute approximate surface area is 205 Å². The maximum Gasteiger partial charge on any atom is 0.407 e. The molecule has 4 N–H and O–H groups in total. The fraction of sp³-hybridized carbons (Fsp3) is 0.296. The molecule has 3 aromatic rings. The first kappa shape index (κ1) is 25.6. The average molecular weight is 483 g/mol. The van der Waals surface area contributed by atoms with Crippen LogP contribution in [0.15, 0.2) is 66.7 Å². The molecule has 0 aliphatic heterocycles. The van der Waals surface area contributed by atoms with Crippen molar-refractivity contribution >= 4 is 23.4 Å². The van der Waals surface area contributed by atoms with Crippen LogP contribution in [0.5, 0.6) is 0 Å². The SMILES string of the molecule is CC(C)(C)OC(=O)NCc1cccc(C(O)c2cc(Cl)ccc2NCc2ccc(CO)cc2)c1. The molecule has 3 aromatic carbocycles. The van der Waals surface area contributed by atoms with Gasteiger partial charge in [0.15, 0.2) is 0 Å². The Bertz CT molecular complexity index is 1110. The molecule has 3 rings (SSSR count). The summed E-state index contributed by atoms with van der Waals surface area (Å²) in [6.07, 6.45) is -1.41. The van der Waals surface area contributed by atoms with Gasteiger partial charge in [-0.1, -0.05) is 60.1 Å². The number of aliphatic hydroxyl groups is 2. The maximum atomic E-state index is 12.0. The summed E-state index contributed by atoms with van der Waals surface area (Å²) in [6, 6.07) is 20.4. The molecule has 0 aliphatic carbocycles. The van der Waals surface area contributed by atoms with E-state index in [4.69, 9.17) is 16.3 Å². The molecule has 180 valence electrons. The zero-order chi connectivity index (χ0) is 24.7. The zero-order valence-electron chi connectivity index (χ0n) is 19.6. The van der Waals surface area contributed by atoms with Gasteiger partial charge >= 0.3 is 6.09 Å². The van der Waals surface area contributed by atoms with Crippen molar-refractivity contribution in [2.75, 3.05) is 5.32 Å². The van der Waals surface area contributed by atoms with E-state index in [1.165, 1.54) is 0 Å². The van der Waals surface area contributed by atoms with Crippen LogP contribution in [0, 0.1) is 0 Å². The molecule has 0 saturated carbocycles. The van der Waals surface area contributed by atoms with Crippen LogP contribution in [0.3, 0.4) is 0 Å². The lowest BCUT2D eigenvalue weighted by Gasteiger charge is -2.20. The minimum absolute atomic E-state index is 0.00753. The number of aliphatic hydroxyl groups excluding tert-OH is 2. The van der Waals surface area contributed by atoms with Crippen LogP contribution in [0.25, 0.3) is 0 Å². The Kier molecular flexibility index (Phi) is 8.56. The lowest BCUT2D eigenvalue weighted by molar-refractivity contribution is 0.0523. The number of ether oxygens (including phenoxy) is 1. The standard InChI is InChI=1S/C27H31ClN2O4/c1-27(2,3)34-26(33)30-16-20-5-4-6-21(13-20)25(32)23-14-22(28)11-12-24(23)29-15-18-7-9-19(17-31)10-8-18/h4-14,25,29,31-32H,15-17H2,1-3H3,(H,30,33). The largest absolute Gasteiger partial charge is 0.444 e. The summed E-state index contributed by atoms with van der Waals surface area (Å²) < 4.78 is 5.28. The van der Waals surface area contributed by atoms with Crippen molar-refractivity contribution in [1.29, 1.82) is 0 Å². The number of carbonyl (C=O) groups excluding carboxylic acids is 1. The van der Waals surface area contributed by atoms with Crippen molar-refractivity contribution in [3.63, 3.8) is 0 Å². The van der Waals surface area contributed by atoms with Gasteiger partial charge in [-0.2, -0.15) is 0 Å². The highest BCUT2D eigenvalue weighted by Gasteiger charge is 2.18. The lowest BCUT2D eigenvalue weighted by atomic mass is 9.98. The molecule has 0 aromatic heterocycles. The quantitative estimate of drug-likeness (QED) is 0.338. The normalized spacial score (nSPS) is 12.2. The smallest absolute Gasteiger partial charge is 0.407 e. The first-order valence-electron chi connectivity index (χ1n) is 11.1. The van der Waals surface area contributed by atoms with E-state index in [1.54, 1.807) is 12.1 Å². The third kappa shape index (κ3) is 7.48. The highest BCUT2D eigenvalue weighted by atomic mass is 35.5. The topological polar surface area (TPSA) is 90.8 Å². The Morgan fingerprint density at radius 3 is 2.35 bits per heavy atom. The lowest BCUT2D eigenvalue weighted by Crippen LogP contribution is -2.32. The first-order chi connectivity index (χ1) is 16.1. The molecular formula is C27H31ClN2O4. The molecule has 0 heterocycles. The highest BCUT2D eigenvalue weighted by molar-refractivity contribution is 6.30. The minimum atomic E-state index is -0.917. The molecular weight excluding hydrogens is 452 g/mol. The molecule has 6 nitrogen and oxygen atoms in total. The fourth-order valence-electron chi connectivity index (χ4n) is 3.42. The Hall–Kier alpha value is -3.06. The molecule has 34 heavy (non-hydrogen) atoms. The molecule has 0 spiro atoms. The van der Waals surface area contributed by atoms with Gasteiger partial charge in [0.1, 0.15) is 11.7 Å². The molecule has 1 amide bonds. The van der Waals surface area contributed by atoms with Gasteiger partial charge in [-0.25, -0.2) is 4.79 Å². The van der Waals surface area contributed by atoms with Gasteiger partial charge in [-0.3, -0.25) is 0 Å². The van der Waals surface area contributed by atoms with Crippen LogP contribution >= 0.6 is 11.6 Å². The van der Waals surface area contributed by atoms with Crippen molar-refractivity contribution in [3.05, 3.63) is 99.6 Å². The van der Waals surface area contributed by atoms with Gasteiger partial charge in [0.2, 0.25) is 0 Å². The molecule has 7 heteroatoms. The van der Waals surface area contributed by atoms with Gasteiger partial charge in [-0.15, -0.1) is 0 Å². The van der Waals surface area contributed by atoms with Crippen molar-refractivity contribution < 1.29 is 19.7 Å². The molecule has 0 bridgehead atoms. The Balaban J connectivity index is 1.73. The van der Waals surface area contributed by atoms with Crippen molar-refractivity contribution in [1.82, 2.24) is 5.32 Å². The fourth-order valence-corrected chi connectivity index (χ4v) is 3.60. The summed E-state index contributed by atoms with van der Waals surface area (Å²) in [5.41, 5.74) is 4.26. The van der Waals surface area contributed by atoms with E-state index in [2.05, 4.69) is 10.6 Å². The number of rotatable bonds is 8. The van der Waals surface area contributed by atoms with Crippen LogP contribution in [-0.4, -0.2) is 21.9 Å². The van der Waals surface area contributed by atoms with Crippen molar-refractivity contribution in [2.24, 2.45) is 0 Å². The number of carbonyl (C=O) groups is 1. The maximum absolute atomic E-state index is 12.0. The van der Waals surface area contributed by atoms with E-state index < -0.39 is 17.8 Å². The van der Waals surface area contributed by atoms with E-state index in [9.17, 15) is 15.0 Å². The molecule has 1 atom stereocenters.